The molecule has 0 fully saturated rings. The summed E-state index contributed by atoms with van der Waals surface area (Å²) in [5, 5.41) is 1.50. The third-order valence-corrected chi connectivity index (χ3v) is 2.33. The number of alkyl halides is 3. The molecule has 1 aliphatic heterocycles. The number of hydrogen-bond acceptors (Lipinski definition) is 3. The number of carbonyl (C=O) groups is 1. The van der Waals surface area contributed by atoms with Crippen LogP contribution in [0.15, 0.2) is 23.2 Å². The number of halogens is 4. The zero-order valence-corrected chi connectivity index (χ0v) is 9.42. The molecule has 102 valence electrons. The molecule has 0 saturated carbocycles. The van der Waals surface area contributed by atoms with Crippen molar-refractivity contribution in [2.45, 2.75) is 6.18 Å². The topological polar surface area (TPSA) is 50.7 Å². The van der Waals surface area contributed by atoms with E-state index >= 15 is 0 Å². The van der Waals surface area contributed by atoms with Gasteiger partial charge in [-0.3, -0.25) is 4.79 Å². The Morgan fingerprint density at radius 3 is 2.68 bits per heavy atom. The molecular weight excluding hydrogens is 268 g/mol. The highest BCUT2D eigenvalue weighted by Crippen LogP contribution is 2.25. The Kier molecular flexibility index (Phi) is 3.41. The van der Waals surface area contributed by atoms with Crippen molar-refractivity contribution >= 4 is 17.5 Å². The Labute approximate surface area is 105 Å². The van der Waals surface area contributed by atoms with Gasteiger partial charge >= 0.3 is 12.1 Å². The molecule has 1 aromatic carbocycles. The molecule has 0 unspecified atom stereocenters. The molecule has 2 rings (SSSR count). The van der Waals surface area contributed by atoms with Gasteiger partial charge in [0.1, 0.15) is 12.4 Å². The van der Waals surface area contributed by atoms with E-state index in [2.05, 4.69) is 4.99 Å². The summed E-state index contributed by atoms with van der Waals surface area (Å²) in [5.41, 5.74) is -0.611. The van der Waals surface area contributed by atoms with Crippen molar-refractivity contribution < 1.29 is 27.1 Å². The molecule has 0 aliphatic carbocycles. The molecule has 0 aromatic heterocycles. The molecule has 4 nitrogen and oxygen atoms in total. The standard InChI is InChI=1S/C11H8F4N2O2/c12-7-3-1-2-6(9-16-4-5-19-9)8(7)17-10(18)11(13,14)15/h1-3H,4-5H2,(H,17,18). The van der Waals surface area contributed by atoms with Crippen LogP contribution in [0, 0.1) is 5.82 Å². The van der Waals surface area contributed by atoms with E-state index in [0.29, 0.717) is 6.54 Å². The maximum Gasteiger partial charge on any atom is 0.471 e. The molecule has 1 aliphatic rings. The first-order chi connectivity index (χ1) is 8.89. The van der Waals surface area contributed by atoms with Gasteiger partial charge in [-0.15, -0.1) is 0 Å². The van der Waals surface area contributed by atoms with Gasteiger partial charge in [-0.25, -0.2) is 9.38 Å². The van der Waals surface area contributed by atoms with Gasteiger partial charge in [-0.2, -0.15) is 13.2 Å². The maximum absolute atomic E-state index is 13.6. The van der Waals surface area contributed by atoms with E-state index in [9.17, 15) is 22.4 Å². The molecule has 1 aromatic rings. The lowest BCUT2D eigenvalue weighted by molar-refractivity contribution is -0.167. The van der Waals surface area contributed by atoms with Crippen molar-refractivity contribution in [1.29, 1.82) is 0 Å². The summed E-state index contributed by atoms with van der Waals surface area (Å²) in [6, 6.07) is 3.54. The second-order valence-corrected chi connectivity index (χ2v) is 3.65. The fraction of sp³-hybridized carbons (Fsp3) is 0.273. The summed E-state index contributed by atoms with van der Waals surface area (Å²) < 4.78 is 55.2. The number of nitrogens with one attached hydrogen (secondary N) is 1. The van der Waals surface area contributed by atoms with Gasteiger partial charge in [-0.05, 0) is 12.1 Å². The lowest BCUT2D eigenvalue weighted by atomic mass is 10.1. The molecule has 1 heterocycles. The number of nitrogens with zero attached hydrogens (tertiary/aromatic N) is 1. The minimum absolute atomic E-state index is 0.0111. The SMILES string of the molecule is O=C(Nc1c(F)cccc1C1=NCCO1)C(F)(F)F. The molecule has 0 radical (unpaired) electrons. The predicted molar refractivity (Wildman–Crippen MR) is 58.4 cm³/mol. The first-order valence-electron chi connectivity index (χ1n) is 5.24. The van der Waals surface area contributed by atoms with Crippen LogP contribution in [0.5, 0.6) is 0 Å². The summed E-state index contributed by atoms with van der Waals surface area (Å²) in [6.07, 6.45) is -5.10. The number of anilines is 1. The third-order valence-electron chi connectivity index (χ3n) is 2.33. The second-order valence-electron chi connectivity index (χ2n) is 3.65. The molecule has 1 amide bonds. The van der Waals surface area contributed by atoms with Crippen LogP contribution in [0.2, 0.25) is 0 Å². The molecule has 8 heteroatoms. The fourth-order valence-corrected chi connectivity index (χ4v) is 1.51. The predicted octanol–water partition coefficient (Wildman–Crippen LogP) is 2.10. The van der Waals surface area contributed by atoms with Gasteiger partial charge in [0, 0.05) is 0 Å². The van der Waals surface area contributed by atoms with Crippen molar-refractivity contribution in [3.63, 3.8) is 0 Å². The highest BCUT2D eigenvalue weighted by Gasteiger charge is 2.39. The van der Waals surface area contributed by atoms with E-state index in [1.807, 2.05) is 0 Å². The average molecular weight is 276 g/mol. The minimum atomic E-state index is -5.10. The number of benzene rings is 1. The van der Waals surface area contributed by atoms with Crippen LogP contribution >= 0.6 is 0 Å². The summed E-state index contributed by atoms with van der Waals surface area (Å²) in [6.45, 7) is 0.594. The number of aliphatic imine (C=N–C) groups is 1. The lowest BCUT2D eigenvalue weighted by Gasteiger charge is -2.13. The van der Waals surface area contributed by atoms with E-state index in [1.54, 1.807) is 0 Å². The van der Waals surface area contributed by atoms with Crippen LogP contribution in [0.3, 0.4) is 0 Å². The van der Waals surface area contributed by atoms with Crippen LogP contribution in [0.25, 0.3) is 0 Å². The van der Waals surface area contributed by atoms with E-state index < -0.39 is 23.6 Å². The van der Waals surface area contributed by atoms with Gasteiger partial charge in [0.25, 0.3) is 0 Å². The van der Waals surface area contributed by atoms with Gasteiger partial charge in [0.15, 0.2) is 0 Å². The molecule has 0 atom stereocenters. The molecule has 0 saturated heterocycles. The Bertz CT molecular complexity index is 540. The number of rotatable bonds is 2. The molecule has 1 N–H and O–H groups in total. The van der Waals surface area contributed by atoms with E-state index in [-0.39, 0.29) is 18.1 Å². The fourth-order valence-electron chi connectivity index (χ4n) is 1.51. The summed E-state index contributed by atoms with van der Waals surface area (Å²) in [4.78, 5) is 14.7. The van der Waals surface area contributed by atoms with Crippen LogP contribution in [0.4, 0.5) is 23.2 Å². The van der Waals surface area contributed by atoms with E-state index in [0.717, 1.165) is 6.07 Å². The van der Waals surface area contributed by atoms with Crippen molar-refractivity contribution in [3.05, 3.63) is 29.6 Å². The van der Waals surface area contributed by atoms with Gasteiger partial charge < -0.3 is 10.1 Å². The Morgan fingerprint density at radius 1 is 1.37 bits per heavy atom. The van der Waals surface area contributed by atoms with Crippen LogP contribution in [0.1, 0.15) is 5.56 Å². The monoisotopic (exact) mass is 276 g/mol. The number of ether oxygens (including phenoxy) is 1. The molecule has 0 spiro atoms. The van der Waals surface area contributed by atoms with Crippen molar-refractivity contribution in [1.82, 2.24) is 0 Å². The quantitative estimate of drug-likeness (QED) is 0.841. The Morgan fingerprint density at radius 2 is 2.11 bits per heavy atom. The normalized spacial score (nSPS) is 14.8. The minimum Gasteiger partial charge on any atom is -0.475 e. The van der Waals surface area contributed by atoms with Crippen LogP contribution < -0.4 is 5.32 Å². The lowest BCUT2D eigenvalue weighted by Crippen LogP contribution is -2.31. The Balaban J connectivity index is 2.36. The smallest absolute Gasteiger partial charge is 0.471 e. The third kappa shape index (κ3) is 2.83. The van der Waals surface area contributed by atoms with E-state index in [4.69, 9.17) is 4.74 Å². The van der Waals surface area contributed by atoms with Crippen molar-refractivity contribution in [2.75, 3.05) is 18.5 Å². The molecular formula is C11H8F4N2O2. The summed E-state index contributed by atoms with van der Waals surface area (Å²) >= 11 is 0. The van der Waals surface area contributed by atoms with Crippen LogP contribution in [-0.2, 0) is 9.53 Å². The highest BCUT2D eigenvalue weighted by molar-refractivity contribution is 6.05. The average Bonchev–Trinajstić information content (AvgIpc) is 2.83. The summed E-state index contributed by atoms with van der Waals surface area (Å²) in [7, 11) is 0. The molecule has 0 bridgehead atoms. The van der Waals surface area contributed by atoms with Crippen LogP contribution in [-0.4, -0.2) is 31.1 Å². The van der Waals surface area contributed by atoms with E-state index in [1.165, 1.54) is 17.4 Å². The summed E-state index contributed by atoms with van der Waals surface area (Å²) in [5.74, 6) is -3.23. The van der Waals surface area contributed by atoms with Crippen molar-refractivity contribution in [3.8, 4) is 0 Å². The first-order valence-corrected chi connectivity index (χ1v) is 5.24. The Hall–Kier alpha value is -2.12. The number of para-hydroxylation sites is 1. The second kappa shape index (κ2) is 4.87. The van der Waals surface area contributed by atoms with Gasteiger partial charge in [0.05, 0.1) is 17.8 Å². The number of hydrogen-bond donors (Lipinski definition) is 1. The van der Waals surface area contributed by atoms with Gasteiger partial charge in [-0.1, -0.05) is 6.07 Å². The zero-order valence-electron chi connectivity index (χ0n) is 9.42. The van der Waals surface area contributed by atoms with Crippen molar-refractivity contribution in [2.24, 2.45) is 4.99 Å². The maximum atomic E-state index is 13.6. The van der Waals surface area contributed by atoms with Gasteiger partial charge in [0.2, 0.25) is 5.90 Å². The zero-order chi connectivity index (χ0) is 14.0. The highest BCUT2D eigenvalue weighted by atomic mass is 19.4. The largest absolute Gasteiger partial charge is 0.475 e. The number of amides is 1. The molecule has 19 heavy (non-hydrogen) atoms. The number of carbonyl (C=O) groups excluding carboxylic acids is 1. The first kappa shape index (κ1) is 13.3.